The molecule has 0 atom stereocenters. The number of hydrogen-bond donors (Lipinski definition) is 0. The molecule has 1 aromatic heterocycles. The molecule has 1 aromatic rings. The molecule has 2 fully saturated rings. The summed E-state index contributed by atoms with van der Waals surface area (Å²) in [4.78, 5) is 37.0. The van der Waals surface area contributed by atoms with Crippen molar-refractivity contribution in [3.63, 3.8) is 0 Å². The number of carbonyl (C=O) groups excluding carboxylic acids is 3. The van der Waals surface area contributed by atoms with E-state index < -0.39 is 11.4 Å². The van der Waals surface area contributed by atoms with E-state index >= 15 is 0 Å². The van der Waals surface area contributed by atoms with Gasteiger partial charge in [-0.05, 0) is 32.6 Å². The van der Waals surface area contributed by atoms with Crippen LogP contribution in [0, 0.1) is 5.41 Å². The van der Waals surface area contributed by atoms with E-state index in [4.69, 9.17) is 18.9 Å². The number of aromatic nitrogens is 2. The van der Waals surface area contributed by atoms with E-state index in [1.54, 1.807) is 24.9 Å². The lowest BCUT2D eigenvalue weighted by Crippen LogP contribution is -2.37. The maximum atomic E-state index is 12.4. The van der Waals surface area contributed by atoms with Gasteiger partial charge in [-0.15, -0.1) is 5.10 Å². The minimum atomic E-state index is -0.782. The predicted molar refractivity (Wildman–Crippen MR) is 110 cm³/mol. The topological polar surface area (TPSA) is 106 Å². The average Bonchev–Trinajstić information content (AvgIpc) is 3.31. The zero-order valence-corrected chi connectivity index (χ0v) is 18.4. The Hall–Kier alpha value is -2.26. The minimum Gasteiger partial charge on any atom is -0.476 e. The number of hydrogen-bond acceptors (Lipinski definition) is 8. The van der Waals surface area contributed by atoms with E-state index in [2.05, 4.69) is 5.10 Å². The first-order chi connectivity index (χ1) is 15.0. The zero-order chi connectivity index (χ0) is 22.3. The maximum absolute atomic E-state index is 12.4. The van der Waals surface area contributed by atoms with Crippen molar-refractivity contribution < 1.29 is 33.3 Å². The van der Waals surface area contributed by atoms with Crippen molar-refractivity contribution in [1.82, 2.24) is 9.78 Å². The Balaban J connectivity index is 1.62. The lowest BCUT2D eigenvalue weighted by Gasteiger charge is -2.34. The fourth-order valence-corrected chi connectivity index (χ4v) is 4.37. The van der Waals surface area contributed by atoms with Gasteiger partial charge in [-0.25, -0.2) is 4.79 Å². The fraction of sp³-hybridized carbons (Fsp3) is 0.727. The maximum Gasteiger partial charge on any atom is 0.345 e. The summed E-state index contributed by atoms with van der Waals surface area (Å²) in [6.45, 7) is 3.94. The SMILES string of the molecule is CCOC(=O)c1cn(C2CCC3(CC2)C(=O)CCC3=O)nc1OCCCOCCOC. The highest BCUT2D eigenvalue weighted by molar-refractivity contribution is 6.12. The van der Waals surface area contributed by atoms with Crippen molar-refractivity contribution in [3.05, 3.63) is 11.8 Å². The number of rotatable bonds is 11. The van der Waals surface area contributed by atoms with Gasteiger partial charge in [0.15, 0.2) is 0 Å². The first kappa shape index (κ1) is 23.4. The molecular formula is C22H32N2O7. The third-order valence-electron chi connectivity index (χ3n) is 6.13. The highest BCUT2D eigenvalue weighted by Crippen LogP contribution is 2.47. The Morgan fingerprint density at radius 2 is 1.84 bits per heavy atom. The van der Waals surface area contributed by atoms with Crippen LogP contribution in [0.5, 0.6) is 5.88 Å². The highest BCUT2D eigenvalue weighted by Gasteiger charge is 2.51. The third-order valence-corrected chi connectivity index (χ3v) is 6.13. The Morgan fingerprint density at radius 1 is 1.13 bits per heavy atom. The van der Waals surface area contributed by atoms with Crippen LogP contribution in [0.4, 0.5) is 0 Å². The molecule has 31 heavy (non-hydrogen) atoms. The van der Waals surface area contributed by atoms with Crippen molar-refractivity contribution in [2.75, 3.05) is 40.1 Å². The molecule has 0 saturated heterocycles. The molecule has 0 amide bonds. The van der Waals surface area contributed by atoms with Gasteiger partial charge in [0.05, 0.1) is 37.9 Å². The van der Waals surface area contributed by atoms with Crippen LogP contribution in [-0.2, 0) is 23.8 Å². The Morgan fingerprint density at radius 3 is 2.48 bits per heavy atom. The standard InChI is InChI=1S/C22H32N2O7/c1-3-30-21(27)17-15-24(23-20(17)31-12-4-11-29-14-13-28-2)16-7-9-22(10-8-16)18(25)5-6-19(22)26/h15-16H,3-14H2,1-2H3. The molecule has 1 heterocycles. The zero-order valence-electron chi connectivity index (χ0n) is 18.4. The molecule has 2 saturated carbocycles. The number of methoxy groups -OCH3 is 1. The first-order valence-electron chi connectivity index (χ1n) is 11.0. The molecule has 0 radical (unpaired) electrons. The summed E-state index contributed by atoms with van der Waals surface area (Å²) < 4.78 is 23.0. The van der Waals surface area contributed by atoms with Gasteiger partial charge in [-0.2, -0.15) is 0 Å². The van der Waals surface area contributed by atoms with Gasteiger partial charge in [-0.1, -0.05) is 0 Å². The molecule has 0 aliphatic heterocycles. The number of esters is 1. The molecule has 0 N–H and O–H groups in total. The number of nitrogens with zero attached hydrogens (tertiary/aromatic N) is 2. The molecule has 9 heteroatoms. The lowest BCUT2D eigenvalue weighted by atomic mass is 9.70. The van der Waals surface area contributed by atoms with E-state index in [0.29, 0.717) is 71.4 Å². The highest BCUT2D eigenvalue weighted by atomic mass is 16.5. The molecule has 3 rings (SSSR count). The van der Waals surface area contributed by atoms with Crippen LogP contribution in [0.1, 0.15) is 68.3 Å². The number of ether oxygens (including phenoxy) is 4. The summed E-state index contributed by atoms with van der Waals surface area (Å²) in [5.74, 6) is -0.0714. The van der Waals surface area contributed by atoms with E-state index in [9.17, 15) is 14.4 Å². The van der Waals surface area contributed by atoms with E-state index in [1.807, 2.05) is 0 Å². The smallest absolute Gasteiger partial charge is 0.345 e. The predicted octanol–water partition coefficient (Wildman–Crippen LogP) is 2.53. The minimum absolute atomic E-state index is 0.00901. The molecule has 0 aromatic carbocycles. The molecule has 0 bridgehead atoms. The van der Waals surface area contributed by atoms with Gasteiger partial charge in [0.1, 0.15) is 17.1 Å². The molecule has 172 valence electrons. The van der Waals surface area contributed by atoms with Crippen LogP contribution in [0.15, 0.2) is 6.20 Å². The Bertz CT molecular complexity index is 763. The van der Waals surface area contributed by atoms with Gasteiger partial charge >= 0.3 is 5.97 Å². The second-order valence-corrected chi connectivity index (χ2v) is 8.02. The largest absolute Gasteiger partial charge is 0.476 e. The van der Waals surface area contributed by atoms with Crippen molar-refractivity contribution in [2.24, 2.45) is 5.41 Å². The molecule has 0 unspecified atom stereocenters. The van der Waals surface area contributed by atoms with Gasteiger partial charge in [0, 0.05) is 39.2 Å². The summed E-state index contributed by atoms with van der Waals surface area (Å²) in [6.07, 6.45) is 5.44. The summed E-state index contributed by atoms with van der Waals surface area (Å²) >= 11 is 0. The van der Waals surface area contributed by atoms with E-state index in [0.717, 1.165) is 0 Å². The van der Waals surface area contributed by atoms with Crippen molar-refractivity contribution >= 4 is 17.5 Å². The quantitative estimate of drug-likeness (QED) is 0.296. The lowest BCUT2D eigenvalue weighted by molar-refractivity contribution is -0.137. The second-order valence-electron chi connectivity index (χ2n) is 8.02. The van der Waals surface area contributed by atoms with Gasteiger partial charge in [0.25, 0.3) is 0 Å². The molecule has 1 spiro atoms. The molecule has 2 aliphatic rings. The summed E-state index contributed by atoms with van der Waals surface area (Å²) in [6, 6.07) is 0.00901. The third kappa shape index (κ3) is 5.33. The molecular weight excluding hydrogens is 404 g/mol. The number of carbonyl (C=O) groups is 3. The van der Waals surface area contributed by atoms with Crippen LogP contribution in [0.3, 0.4) is 0 Å². The first-order valence-corrected chi connectivity index (χ1v) is 11.0. The average molecular weight is 437 g/mol. The van der Waals surface area contributed by atoms with Crippen molar-refractivity contribution in [3.8, 4) is 5.88 Å². The van der Waals surface area contributed by atoms with Crippen LogP contribution >= 0.6 is 0 Å². The monoisotopic (exact) mass is 436 g/mol. The van der Waals surface area contributed by atoms with Crippen molar-refractivity contribution in [2.45, 2.75) is 57.9 Å². The van der Waals surface area contributed by atoms with Crippen LogP contribution in [-0.4, -0.2) is 67.5 Å². The number of Topliss-reactive ketones (excluding diaryl/α,β-unsaturated/α-hetero) is 2. The van der Waals surface area contributed by atoms with Crippen LogP contribution in [0.2, 0.25) is 0 Å². The summed E-state index contributed by atoms with van der Waals surface area (Å²) in [5.41, 5.74) is -0.495. The van der Waals surface area contributed by atoms with Crippen LogP contribution < -0.4 is 4.74 Å². The molecule has 9 nitrogen and oxygen atoms in total. The summed E-state index contributed by atoms with van der Waals surface area (Å²) in [7, 11) is 1.62. The Kier molecular flexibility index (Phi) is 8.20. The molecule has 2 aliphatic carbocycles. The van der Waals surface area contributed by atoms with Crippen LogP contribution in [0.25, 0.3) is 0 Å². The van der Waals surface area contributed by atoms with Gasteiger partial charge in [-0.3, -0.25) is 14.3 Å². The normalized spacial score (nSPS) is 18.6. The fourth-order valence-electron chi connectivity index (χ4n) is 4.37. The van der Waals surface area contributed by atoms with Gasteiger partial charge < -0.3 is 18.9 Å². The summed E-state index contributed by atoms with van der Waals surface area (Å²) in [5, 5.41) is 4.50. The van der Waals surface area contributed by atoms with Gasteiger partial charge in [0.2, 0.25) is 5.88 Å². The second kappa shape index (κ2) is 10.9. The van der Waals surface area contributed by atoms with Crippen molar-refractivity contribution in [1.29, 1.82) is 0 Å². The number of ketones is 2. The van der Waals surface area contributed by atoms with E-state index in [1.165, 1.54) is 0 Å². The Labute approximate surface area is 182 Å². The van der Waals surface area contributed by atoms with E-state index in [-0.39, 0.29) is 35.7 Å².